The molecule has 0 amide bonds. The second-order valence-corrected chi connectivity index (χ2v) is 3.26. The minimum Gasteiger partial charge on any atom is -0.502 e. The lowest BCUT2D eigenvalue weighted by molar-refractivity contribution is 0.0691. The number of methoxy groups -OCH3 is 1. The smallest absolute Gasteiger partial charge is 0.340 e. The van der Waals surface area contributed by atoms with Crippen LogP contribution in [0.5, 0.6) is 11.5 Å². The lowest BCUT2D eigenvalue weighted by atomic mass is 10.2. The van der Waals surface area contributed by atoms with E-state index in [1.54, 1.807) is 0 Å². The number of carboxylic acid groups (broad SMARTS) is 1. The molecular formula is C8H6BrFO4. The maximum absolute atomic E-state index is 12.9. The van der Waals surface area contributed by atoms with Gasteiger partial charge in [0.05, 0.1) is 7.11 Å². The topological polar surface area (TPSA) is 66.8 Å². The molecule has 1 aromatic carbocycles. The number of hydrogen-bond acceptors (Lipinski definition) is 3. The predicted molar refractivity (Wildman–Crippen MR) is 49.3 cm³/mol. The molecule has 6 heteroatoms. The molecule has 0 heterocycles. The number of benzene rings is 1. The summed E-state index contributed by atoms with van der Waals surface area (Å²) in [5.41, 5.74) is -0.314. The molecule has 0 bridgehead atoms. The maximum Gasteiger partial charge on any atom is 0.340 e. The van der Waals surface area contributed by atoms with Crippen LogP contribution in [0.3, 0.4) is 0 Å². The molecule has 1 aromatic rings. The number of carbonyl (C=O) groups is 1. The molecule has 0 radical (unpaired) electrons. The highest BCUT2D eigenvalue weighted by Crippen LogP contribution is 2.37. The number of carboxylic acids is 1. The number of aromatic hydroxyl groups is 1. The van der Waals surface area contributed by atoms with Gasteiger partial charge in [0.1, 0.15) is 5.56 Å². The van der Waals surface area contributed by atoms with Crippen LogP contribution in [0.2, 0.25) is 0 Å². The quantitative estimate of drug-likeness (QED) is 0.858. The van der Waals surface area contributed by atoms with E-state index in [0.29, 0.717) is 0 Å². The summed E-state index contributed by atoms with van der Waals surface area (Å²) in [7, 11) is 1.15. The highest BCUT2D eigenvalue weighted by atomic mass is 79.9. The van der Waals surface area contributed by atoms with E-state index in [1.165, 1.54) is 0 Å². The molecular weight excluding hydrogens is 259 g/mol. The number of phenolic OH excluding ortho intramolecular Hbond substituents is 1. The van der Waals surface area contributed by atoms with Gasteiger partial charge in [0.15, 0.2) is 17.3 Å². The van der Waals surface area contributed by atoms with Crippen LogP contribution in [0, 0.1) is 5.82 Å². The Labute approximate surface area is 87.1 Å². The summed E-state index contributed by atoms with van der Waals surface area (Å²) in [6, 6.07) is 0.862. The van der Waals surface area contributed by atoms with Gasteiger partial charge in [-0.25, -0.2) is 9.18 Å². The van der Waals surface area contributed by atoms with Crippen LogP contribution in [0.4, 0.5) is 4.39 Å². The highest BCUT2D eigenvalue weighted by molar-refractivity contribution is 9.10. The van der Waals surface area contributed by atoms with Crippen LogP contribution in [0.1, 0.15) is 10.4 Å². The van der Waals surface area contributed by atoms with Crippen molar-refractivity contribution >= 4 is 21.9 Å². The summed E-state index contributed by atoms with van der Waals surface area (Å²) in [5, 5.41) is 17.9. The summed E-state index contributed by atoms with van der Waals surface area (Å²) < 4.78 is 17.5. The molecule has 4 nitrogen and oxygen atoms in total. The first-order valence-corrected chi connectivity index (χ1v) is 4.26. The Morgan fingerprint density at radius 1 is 1.64 bits per heavy atom. The molecule has 0 aliphatic rings. The number of ether oxygens (including phenoxy) is 1. The molecule has 76 valence electrons. The zero-order valence-electron chi connectivity index (χ0n) is 7.04. The predicted octanol–water partition coefficient (Wildman–Crippen LogP) is 2.00. The van der Waals surface area contributed by atoms with Gasteiger partial charge in [-0.2, -0.15) is 0 Å². The Hall–Kier alpha value is -1.30. The average Bonchev–Trinajstić information content (AvgIpc) is 2.09. The van der Waals surface area contributed by atoms with Crippen molar-refractivity contribution in [3.05, 3.63) is 21.9 Å². The Kier molecular flexibility index (Phi) is 2.95. The van der Waals surface area contributed by atoms with Crippen molar-refractivity contribution in [3.63, 3.8) is 0 Å². The van der Waals surface area contributed by atoms with Gasteiger partial charge in [-0.1, -0.05) is 0 Å². The standard InChI is InChI=1S/C8H6BrFO4/c1-14-7-5(8(12)13)3(9)2-4(10)6(7)11/h2,11H,1H3,(H,12,13). The molecule has 2 N–H and O–H groups in total. The first-order valence-electron chi connectivity index (χ1n) is 3.47. The van der Waals surface area contributed by atoms with Gasteiger partial charge in [0.25, 0.3) is 0 Å². The molecule has 0 aromatic heterocycles. The van der Waals surface area contributed by atoms with Gasteiger partial charge in [-0.3, -0.25) is 0 Å². The van der Waals surface area contributed by atoms with Crippen LogP contribution in [-0.2, 0) is 0 Å². The fourth-order valence-electron chi connectivity index (χ4n) is 0.985. The van der Waals surface area contributed by atoms with E-state index in [2.05, 4.69) is 20.7 Å². The molecule has 0 spiro atoms. The molecule has 0 unspecified atom stereocenters. The van der Waals surface area contributed by atoms with E-state index in [1.807, 2.05) is 0 Å². The van der Waals surface area contributed by atoms with E-state index in [9.17, 15) is 9.18 Å². The van der Waals surface area contributed by atoms with Gasteiger partial charge in [0, 0.05) is 4.47 Å². The molecule has 0 fully saturated rings. The second kappa shape index (κ2) is 3.83. The lowest BCUT2D eigenvalue weighted by Gasteiger charge is -2.09. The fourth-order valence-corrected chi connectivity index (χ4v) is 1.54. The van der Waals surface area contributed by atoms with Gasteiger partial charge < -0.3 is 14.9 Å². The number of hydrogen-bond donors (Lipinski definition) is 2. The normalized spacial score (nSPS) is 9.93. The molecule has 1 rings (SSSR count). The molecule has 0 atom stereocenters. The van der Waals surface area contributed by atoms with E-state index in [-0.39, 0.29) is 10.0 Å². The Balaban J connectivity index is 3.55. The van der Waals surface area contributed by atoms with Crippen LogP contribution < -0.4 is 4.74 Å². The first-order chi connectivity index (χ1) is 6.49. The average molecular weight is 265 g/mol. The van der Waals surface area contributed by atoms with Crippen LogP contribution in [-0.4, -0.2) is 23.3 Å². The van der Waals surface area contributed by atoms with E-state index in [4.69, 9.17) is 10.2 Å². The maximum atomic E-state index is 12.9. The Morgan fingerprint density at radius 3 is 2.64 bits per heavy atom. The second-order valence-electron chi connectivity index (χ2n) is 2.40. The Morgan fingerprint density at radius 2 is 2.21 bits per heavy atom. The highest BCUT2D eigenvalue weighted by Gasteiger charge is 2.22. The van der Waals surface area contributed by atoms with E-state index >= 15 is 0 Å². The van der Waals surface area contributed by atoms with Gasteiger partial charge in [0.2, 0.25) is 0 Å². The third-order valence-corrected chi connectivity index (χ3v) is 2.20. The Bertz CT molecular complexity index is 391. The minimum absolute atomic E-state index is 0.0113. The van der Waals surface area contributed by atoms with Crippen molar-refractivity contribution in [2.45, 2.75) is 0 Å². The monoisotopic (exact) mass is 264 g/mol. The minimum atomic E-state index is -1.32. The van der Waals surface area contributed by atoms with Crippen molar-refractivity contribution < 1.29 is 24.1 Å². The van der Waals surface area contributed by atoms with Gasteiger partial charge in [-0.15, -0.1) is 0 Å². The molecule has 0 saturated carbocycles. The van der Waals surface area contributed by atoms with Crippen molar-refractivity contribution in [2.24, 2.45) is 0 Å². The van der Waals surface area contributed by atoms with E-state index < -0.39 is 23.3 Å². The SMILES string of the molecule is COc1c(O)c(F)cc(Br)c1C(=O)O. The molecule has 0 aliphatic carbocycles. The van der Waals surface area contributed by atoms with Crippen molar-refractivity contribution in [1.82, 2.24) is 0 Å². The van der Waals surface area contributed by atoms with Crippen LogP contribution in [0.15, 0.2) is 10.5 Å². The van der Waals surface area contributed by atoms with Crippen LogP contribution >= 0.6 is 15.9 Å². The number of halogens is 2. The molecule has 0 saturated heterocycles. The zero-order valence-corrected chi connectivity index (χ0v) is 8.63. The third-order valence-electron chi connectivity index (χ3n) is 1.58. The third kappa shape index (κ3) is 1.65. The summed E-state index contributed by atoms with van der Waals surface area (Å²) in [5.74, 6) is -3.47. The summed E-state index contributed by atoms with van der Waals surface area (Å²) >= 11 is 2.86. The number of rotatable bonds is 2. The van der Waals surface area contributed by atoms with Crippen LogP contribution in [0.25, 0.3) is 0 Å². The summed E-state index contributed by atoms with van der Waals surface area (Å²) in [6.45, 7) is 0. The largest absolute Gasteiger partial charge is 0.502 e. The lowest BCUT2D eigenvalue weighted by Crippen LogP contribution is -2.03. The zero-order chi connectivity index (χ0) is 10.9. The molecule has 14 heavy (non-hydrogen) atoms. The fraction of sp³-hybridized carbons (Fsp3) is 0.125. The van der Waals surface area contributed by atoms with Gasteiger partial charge in [-0.05, 0) is 22.0 Å². The van der Waals surface area contributed by atoms with Crippen molar-refractivity contribution in [2.75, 3.05) is 7.11 Å². The van der Waals surface area contributed by atoms with Gasteiger partial charge >= 0.3 is 5.97 Å². The molecule has 0 aliphatic heterocycles. The van der Waals surface area contributed by atoms with Crippen molar-refractivity contribution in [3.8, 4) is 11.5 Å². The number of aromatic carboxylic acids is 1. The van der Waals surface area contributed by atoms with Crippen molar-refractivity contribution in [1.29, 1.82) is 0 Å². The first kappa shape index (κ1) is 10.8. The van der Waals surface area contributed by atoms with E-state index in [0.717, 1.165) is 13.2 Å². The number of phenols is 1. The summed E-state index contributed by atoms with van der Waals surface area (Å²) in [4.78, 5) is 10.7. The summed E-state index contributed by atoms with van der Waals surface area (Å²) in [6.07, 6.45) is 0.